The van der Waals surface area contributed by atoms with Gasteiger partial charge in [0.25, 0.3) is 5.56 Å². The quantitative estimate of drug-likeness (QED) is 0.944. The lowest BCUT2D eigenvalue weighted by Gasteiger charge is -2.27. The zero-order chi connectivity index (χ0) is 16.4. The first-order valence-corrected chi connectivity index (χ1v) is 8.26. The lowest BCUT2D eigenvalue weighted by atomic mass is 9.95. The molecule has 122 valence electrons. The molecule has 1 aliphatic carbocycles. The van der Waals surface area contributed by atoms with Gasteiger partial charge in [0.15, 0.2) is 0 Å². The van der Waals surface area contributed by atoms with Crippen molar-refractivity contribution in [2.45, 2.75) is 52.0 Å². The van der Waals surface area contributed by atoms with E-state index >= 15 is 0 Å². The molecule has 1 heterocycles. The number of nitrogens with one attached hydrogen (secondary N) is 1. The number of para-hydroxylation sites is 1. The molecule has 1 aliphatic rings. The monoisotopic (exact) mass is 313 g/mol. The Labute approximate surface area is 135 Å². The smallest absolute Gasteiger partial charge is 0.295 e. The second-order valence-corrected chi connectivity index (χ2v) is 6.23. The van der Waals surface area contributed by atoms with E-state index in [1.54, 1.807) is 4.68 Å². The van der Waals surface area contributed by atoms with E-state index in [1.807, 2.05) is 37.3 Å². The van der Waals surface area contributed by atoms with E-state index in [0.29, 0.717) is 11.7 Å². The third-order valence-corrected chi connectivity index (χ3v) is 4.55. The normalized spacial score (nSPS) is 15.6. The van der Waals surface area contributed by atoms with Crippen molar-refractivity contribution in [2.24, 2.45) is 0 Å². The Morgan fingerprint density at radius 3 is 2.39 bits per heavy atom. The molecule has 5 heteroatoms. The molecule has 1 amide bonds. The number of benzene rings is 1. The summed E-state index contributed by atoms with van der Waals surface area (Å²) in [6, 6.07) is 9.94. The number of carbonyl (C=O) groups excluding carboxylic acids is 1. The van der Waals surface area contributed by atoms with Crippen molar-refractivity contribution in [1.29, 1.82) is 0 Å². The van der Waals surface area contributed by atoms with Gasteiger partial charge < -0.3 is 5.32 Å². The number of rotatable bonds is 3. The largest absolute Gasteiger partial charge is 0.320 e. The Morgan fingerprint density at radius 2 is 1.78 bits per heavy atom. The van der Waals surface area contributed by atoms with E-state index in [1.165, 1.54) is 26.2 Å². The maximum Gasteiger partial charge on any atom is 0.295 e. The van der Waals surface area contributed by atoms with Gasteiger partial charge in [-0.05, 0) is 31.9 Å². The van der Waals surface area contributed by atoms with Crippen molar-refractivity contribution in [3.05, 3.63) is 46.4 Å². The molecule has 0 spiro atoms. The van der Waals surface area contributed by atoms with Crippen LogP contribution in [0.5, 0.6) is 0 Å². The van der Waals surface area contributed by atoms with Gasteiger partial charge in [-0.15, -0.1) is 0 Å². The molecule has 0 bridgehead atoms. The average molecular weight is 313 g/mol. The number of aromatic nitrogens is 2. The molecule has 0 radical (unpaired) electrons. The lowest BCUT2D eigenvalue weighted by molar-refractivity contribution is -0.114. The summed E-state index contributed by atoms with van der Waals surface area (Å²) in [4.78, 5) is 24.4. The van der Waals surface area contributed by atoms with Crippen molar-refractivity contribution in [3.63, 3.8) is 0 Å². The lowest BCUT2D eigenvalue weighted by Crippen LogP contribution is -2.26. The molecule has 0 aliphatic heterocycles. The topological polar surface area (TPSA) is 56.0 Å². The SMILES string of the molecule is CC(=O)Nc1c(C)n(C2CCCCC2)n(-c2ccccc2)c1=O. The van der Waals surface area contributed by atoms with E-state index in [2.05, 4.69) is 10.00 Å². The van der Waals surface area contributed by atoms with Gasteiger partial charge >= 0.3 is 0 Å². The summed E-state index contributed by atoms with van der Waals surface area (Å²) in [6.07, 6.45) is 5.76. The molecule has 1 saturated carbocycles. The van der Waals surface area contributed by atoms with Gasteiger partial charge in [0.2, 0.25) is 5.91 Å². The molecule has 1 fully saturated rings. The van der Waals surface area contributed by atoms with Gasteiger partial charge in [0, 0.05) is 6.92 Å². The van der Waals surface area contributed by atoms with Gasteiger partial charge in [-0.25, -0.2) is 4.68 Å². The molecule has 2 aromatic rings. The molecule has 23 heavy (non-hydrogen) atoms. The van der Waals surface area contributed by atoms with Crippen LogP contribution < -0.4 is 10.9 Å². The number of hydrogen-bond acceptors (Lipinski definition) is 2. The van der Waals surface area contributed by atoms with E-state index in [0.717, 1.165) is 24.2 Å². The molecular formula is C18H23N3O2. The molecule has 0 atom stereocenters. The highest BCUT2D eigenvalue weighted by Crippen LogP contribution is 2.31. The van der Waals surface area contributed by atoms with Crippen LogP contribution in [0.25, 0.3) is 5.69 Å². The molecule has 0 unspecified atom stereocenters. The van der Waals surface area contributed by atoms with Crippen molar-refractivity contribution >= 4 is 11.6 Å². The minimum absolute atomic E-state index is 0.158. The van der Waals surface area contributed by atoms with Gasteiger partial charge in [-0.3, -0.25) is 14.3 Å². The van der Waals surface area contributed by atoms with Crippen LogP contribution in [0.1, 0.15) is 50.8 Å². The predicted octanol–water partition coefficient (Wildman–Crippen LogP) is 3.41. The van der Waals surface area contributed by atoms with Crippen LogP contribution in [-0.2, 0) is 4.79 Å². The third-order valence-electron chi connectivity index (χ3n) is 4.55. The standard InChI is InChI=1S/C18H23N3O2/c1-13-17(19-14(2)22)18(23)21(16-11-7-4-8-12-16)20(13)15-9-5-3-6-10-15/h4,7-8,11-12,15H,3,5-6,9-10H2,1-2H3,(H,19,22). The maximum absolute atomic E-state index is 12.9. The van der Waals surface area contributed by atoms with E-state index < -0.39 is 0 Å². The molecule has 1 N–H and O–H groups in total. The third kappa shape index (κ3) is 2.96. The van der Waals surface area contributed by atoms with Crippen LogP contribution >= 0.6 is 0 Å². The molecule has 0 saturated heterocycles. The minimum atomic E-state index is -0.216. The molecule has 3 rings (SSSR count). The van der Waals surface area contributed by atoms with Crippen molar-refractivity contribution in [3.8, 4) is 5.69 Å². The van der Waals surface area contributed by atoms with Crippen LogP contribution in [0.15, 0.2) is 35.1 Å². The number of nitrogens with zero attached hydrogens (tertiary/aromatic N) is 2. The van der Waals surface area contributed by atoms with Crippen LogP contribution in [0, 0.1) is 6.92 Å². The zero-order valence-corrected chi connectivity index (χ0v) is 13.7. The number of carbonyl (C=O) groups is 1. The second-order valence-electron chi connectivity index (χ2n) is 6.23. The summed E-state index contributed by atoms with van der Waals surface area (Å²) in [7, 11) is 0. The van der Waals surface area contributed by atoms with Gasteiger partial charge in [-0.2, -0.15) is 0 Å². The first kappa shape index (κ1) is 15.6. The maximum atomic E-state index is 12.9. The Hall–Kier alpha value is -2.30. The van der Waals surface area contributed by atoms with Gasteiger partial charge in [-0.1, -0.05) is 37.5 Å². The fourth-order valence-electron chi connectivity index (χ4n) is 3.52. The Balaban J connectivity index is 2.19. The first-order valence-electron chi connectivity index (χ1n) is 8.26. The minimum Gasteiger partial charge on any atom is -0.320 e. The van der Waals surface area contributed by atoms with Crippen LogP contribution in [0.3, 0.4) is 0 Å². The summed E-state index contributed by atoms with van der Waals surface area (Å²) in [5.74, 6) is -0.216. The fourth-order valence-corrected chi connectivity index (χ4v) is 3.52. The van der Waals surface area contributed by atoms with Gasteiger partial charge in [0.1, 0.15) is 5.69 Å². The van der Waals surface area contributed by atoms with Crippen LogP contribution in [0.2, 0.25) is 0 Å². The number of hydrogen-bond donors (Lipinski definition) is 1. The summed E-state index contributed by atoms with van der Waals surface area (Å²) >= 11 is 0. The fraction of sp³-hybridized carbons (Fsp3) is 0.444. The van der Waals surface area contributed by atoms with Crippen molar-refractivity contribution < 1.29 is 4.79 Å². The summed E-state index contributed by atoms with van der Waals surface area (Å²) in [6.45, 7) is 3.35. The Bertz CT molecular complexity index is 753. The molecule has 1 aromatic heterocycles. The van der Waals surface area contributed by atoms with E-state index in [4.69, 9.17) is 0 Å². The summed E-state index contributed by atoms with van der Waals surface area (Å²) < 4.78 is 3.80. The zero-order valence-electron chi connectivity index (χ0n) is 13.7. The highest BCUT2D eigenvalue weighted by Gasteiger charge is 2.25. The summed E-state index contributed by atoms with van der Waals surface area (Å²) in [5.41, 5.74) is 1.91. The Morgan fingerprint density at radius 1 is 1.13 bits per heavy atom. The second kappa shape index (κ2) is 6.44. The Kier molecular flexibility index (Phi) is 4.37. The highest BCUT2D eigenvalue weighted by molar-refractivity contribution is 5.89. The van der Waals surface area contributed by atoms with Crippen LogP contribution in [0.4, 0.5) is 5.69 Å². The highest BCUT2D eigenvalue weighted by atomic mass is 16.2. The van der Waals surface area contributed by atoms with E-state index in [-0.39, 0.29) is 11.5 Å². The summed E-state index contributed by atoms with van der Waals surface area (Å²) in [5, 5.41) is 2.72. The number of anilines is 1. The molecule has 1 aromatic carbocycles. The van der Waals surface area contributed by atoms with Gasteiger partial charge in [0.05, 0.1) is 17.4 Å². The molecular weight excluding hydrogens is 290 g/mol. The van der Waals surface area contributed by atoms with Crippen molar-refractivity contribution in [2.75, 3.05) is 5.32 Å². The average Bonchev–Trinajstić information content (AvgIpc) is 2.80. The number of amides is 1. The van der Waals surface area contributed by atoms with E-state index in [9.17, 15) is 9.59 Å². The first-order chi connectivity index (χ1) is 11.1. The predicted molar refractivity (Wildman–Crippen MR) is 91.2 cm³/mol. The van der Waals surface area contributed by atoms with Crippen molar-refractivity contribution in [1.82, 2.24) is 9.36 Å². The van der Waals surface area contributed by atoms with Crippen LogP contribution in [-0.4, -0.2) is 15.3 Å². The molecule has 5 nitrogen and oxygen atoms in total.